The van der Waals surface area contributed by atoms with Crippen LogP contribution in [0.4, 0.5) is 4.39 Å². The van der Waals surface area contributed by atoms with Crippen LogP contribution in [-0.2, 0) is 11.4 Å². The molecule has 7 heteroatoms. The molecule has 0 aliphatic heterocycles. The lowest BCUT2D eigenvalue weighted by Crippen LogP contribution is -2.24. The number of amides is 1. The van der Waals surface area contributed by atoms with Crippen LogP contribution in [0.5, 0.6) is 11.5 Å². The molecule has 1 N–H and O–H groups in total. The van der Waals surface area contributed by atoms with Gasteiger partial charge in [0.2, 0.25) is 0 Å². The zero-order valence-corrected chi connectivity index (χ0v) is 21.2. The minimum Gasteiger partial charge on any atom is -0.488 e. The fourth-order valence-electron chi connectivity index (χ4n) is 3.95. The van der Waals surface area contributed by atoms with Gasteiger partial charge in [-0.25, -0.2) is 9.82 Å². The van der Waals surface area contributed by atoms with Gasteiger partial charge in [0.15, 0.2) is 6.61 Å². The van der Waals surface area contributed by atoms with Gasteiger partial charge in [-0.05, 0) is 67.3 Å². The average Bonchev–Trinajstić information content (AvgIpc) is 2.93. The predicted molar refractivity (Wildman–Crippen MR) is 148 cm³/mol. The van der Waals surface area contributed by atoms with Crippen LogP contribution in [-0.4, -0.2) is 18.7 Å². The van der Waals surface area contributed by atoms with E-state index in [9.17, 15) is 9.18 Å². The minimum absolute atomic E-state index is 0.197. The van der Waals surface area contributed by atoms with Crippen molar-refractivity contribution in [1.82, 2.24) is 5.43 Å². The number of hydrogen-bond donors (Lipinski definition) is 1. The summed E-state index contributed by atoms with van der Waals surface area (Å²) in [6.45, 7) is 0.0675. The van der Waals surface area contributed by atoms with Crippen molar-refractivity contribution in [2.24, 2.45) is 5.10 Å². The van der Waals surface area contributed by atoms with Crippen molar-refractivity contribution in [2.45, 2.75) is 6.61 Å². The van der Waals surface area contributed by atoms with E-state index < -0.39 is 5.91 Å². The van der Waals surface area contributed by atoms with Crippen molar-refractivity contribution < 1.29 is 18.7 Å². The maximum Gasteiger partial charge on any atom is 0.277 e. The molecule has 184 valence electrons. The first kappa shape index (κ1) is 24.5. The molecule has 0 bridgehead atoms. The topological polar surface area (TPSA) is 59.9 Å². The van der Waals surface area contributed by atoms with Gasteiger partial charge in [0, 0.05) is 5.56 Å². The first-order valence-corrected chi connectivity index (χ1v) is 12.4. The highest BCUT2D eigenvalue weighted by molar-refractivity contribution is 9.10. The molecule has 0 aliphatic carbocycles. The van der Waals surface area contributed by atoms with E-state index in [-0.39, 0.29) is 19.0 Å². The molecule has 5 aromatic rings. The molecule has 5 aromatic carbocycles. The Morgan fingerprint density at radius 2 is 1.46 bits per heavy atom. The van der Waals surface area contributed by atoms with E-state index in [1.54, 1.807) is 18.3 Å². The second-order valence-electron chi connectivity index (χ2n) is 8.29. The lowest BCUT2D eigenvalue weighted by Gasteiger charge is -2.12. The van der Waals surface area contributed by atoms with Crippen LogP contribution in [0.3, 0.4) is 0 Å². The highest BCUT2D eigenvalue weighted by Crippen LogP contribution is 2.33. The molecule has 0 spiro atoms. The minimum atomic E-state index is -0.398. The van der Waals surface area contributed by atoms with E-state index in [1.165, 1.54) is 12.1 Å². The molecule has 0 unspecified atom stereocenters. The highest BCUT2D eigenvalue weighted by Gasteiger charge is 2.10. The zero-order valence-electron chi connectivity index (χ0n) is 19.7. The zero-order chi connectivity index (χ0) is 25.6. The average molecular weight is 557 g/mol. The maximum atomic E-state index is 13.2. The molecule has 0 radical (unpaired) electrons. The largest absolute Gasteiger partial charge is 0.488 e. The molecular formula is C30H22BrFN2O3. The number of hydrazone groups is 1. The number of carbonyl (C=O) groups is 1. The van der Waals surface area contributed by atoms with Crippen molar-refractivity contribution in [1.29, 1.82) is 0 Å². The van der Waals surface area contributed by atoms with E-state index in [1.807, 2.05) is 72.8 Å². The Bertz CT molecular complexity index is 1600. The van der Waals surface area contributed by atoms with Crippen LogP contribution >= 0.6 is 15.9 Å². The molecule has 1 amide bonds. The van der Waals surface area contributed by atoms with Crippen LogP contribution in [0.25, 0.3) is 21.5 Å². The van der Waals surface area contributed by atoms with Crippen molar-refractivity contribution in [2.75, 3.05) is 6.61 Å². The van der Waals surface area contributed by atoms with Crippen LogP contribution < -0.4 is 14.9 Å². The van der Waals surface area contributed by atoms with E-state index in [2.05, 4.69) is 26.5 Å². The Hall–Kier alpha value is -4.23. The highest BCUT2D eigenvalue weighted by atomic mass is 79.9. The third-order valence-corrected chi connectivity index (χ3v) is 6.63. The molecular weight excluding hydrogens is 535 g/mol. The molecule has 0 fully saturated rings. The summed E-state index contributed by atoms with van der Waals surface area (Å²) in [5.74, 6) is 0.473. The number of ether oxygens (including phenoxy) is 2. The smallest absolute Gasteiger partial charge is 0.277 e. The molecule has 0 aromatic heterocycles. The summed E-state index contributed by atoms with van der Waals surface area (Å²) < 4.78 is 25.8. The van der Waals surface area contributed by atoms with Crippen molar-refractivity contribution in [3.63, 3.8) is 0 Å². The van der Waals surface area contributed by atoms with Gasteiger partial charge in [-0.1, -0.05) is 72.8 Å². The van der Waals surface area contributed by atoms with Gasteiger partial charge >= 0.3 is 0 Å². The lowest BCUT2D eigenvalue weighted by atomic mass is 10.0. The fraction of sp³-hybridized carbons (Fsp3) is 0.0667. The second-order valence-corrected chi connectivity index (χ2v) is 9.09. The third-order valence-electron chi connectivity index (χ3n) is 5.81. The van der Waals surface area contributed by atoms with Crippen LogP contribution in [0.15, 0.2) is 107 Å². The summed E-state index contributed by atoms with van der Waals surface area (Å²) >= 11 is 3.56. The Kier molecular flexibility index (Phi) is 7.42. The number of hydrogen-bond acceptors (Lipinski definition) is 4. The number of rotatable bonds is 8. The van der Waals surface area contributed by atoms with Gasteiger partial charge in [-0.3, -0.25) is 4.79 Å². The molecule has 37 heavy (non-hydrogen) atoms. The second kappa shape index (κ2) is 11.2. The van der Waals surface area contributed by atoms with Gasteiger partial charge in [-0.2, -0.15) is 5.10 Å². The van der Waals surface area contributed by atoms with Crippen molar-refractivity contribution in [3.05, 3.63) is 118 Å². The van der Waals surface area contributed by atoms with E-state index in [4.69, 9.17) is 9.47 Å². The summed E-state index contributed by atoms with van der Waals surface area (Å²) in [7, 11) is 0. The molecule has 0 atom stereocenters. The van der Waals surface area contributed by atoms with E-state index in [0.717, 1.165) is 37.1 Å². The van der Waals surface area contributed by atoms with Crippen molar-refractivity contribution in [3.8, 4) is 11.5 Å². The normalized spacial score (nSPS) is 11.2. The lowest BCUT2D eigenvalue weighted by molar-refractivity contribution is -0.123. The van der Waals surface area contributed by atoms with E-state index >= 15 is 0 Å². The molecule has 5 rings (SSSR count). The summed E-state index contributed by atoms with van der Waals surface area (Å²) in [5.41, 5.74) is 4.08. The molecule has 5 nitrogen and oxygen atoms in total. The predicted octanol–water partition coefficient (Wildman–Crippen LogP) is 7.00. The summed E-state index contributed by atoms with van der Waals surface area (Å²) in [5, 5.41) is 8.17. The summed E-state index contributed by atoms with van der Waals surface area (Å²) in [4.78, 5) is 12.4. The van der Waals surface area contributed by atoms with Crippen LogP contribution in [0.2, 0.25) is 0 Å². The van der Waals surface area contributed by atoms with Gasteiger partial charge < -0.3 is 9.47 Å². The third kappa shape index (κ3) is 5.78. The monoisotopic (exact) mass is 556 g/mol. The SMILES string of the molecule is O=C(COc1ccc2ccccc2c1Br)N/N=C\c1c(OCc2ccc(F)cc2)ccc2ccccc12. The Labute approximate surface area is 221 Å². The molecule has 0 saturated carbocycles. The molecule has 0 saturated heterocycles. The number of nitrogens with zero attached hydrogens (tertiary/aromatic N) is 1. The van der Waals surface area contributed by atoms with Gasteiger partial charge in [0.05, 0.1) is 10.7 Å². The number of nitrogens with one attached hydrogen (secondary N) is 1. The quantitative estimate of drug-likeness (QED) is 0.165. The first-order chi connectivity index (χ1) is 18.1. The standard InChI is InChI=1S/C30H22BrFN2O3/c31-30-25-8-4-2-6-22(25)12-16-28(30)37-19-29(35)34-33-17-26-24-7-3-1-5-21(24)11-15-27(26)36-18-20-9-13-23(32)14-10-20/h1-17H,18-19H2,(H,34,35)/b33-17-. The van der Waals surface area contributed by atoms with Gasteiger partial charge in [0.25, 0.3) is 5.91 Å². The molecule has 0 aliphatic rings. The number of benzene rings is 5. The summed E-state index contributed by atoms with van der Waals surface area (Å²) in [6.07, 6.45) is 1.56. The molecule has 0 heterocycles. The number of halogens is 2. The van der Waals surface area contributed by atoms with Gasteiger partial charge in [0.1, 0.15) is 23.9 Å². The number of carbonyl (C=O) groups excluding carboxylic acids is 1. The number of fused-ring (bicyclic) bond motifs is 2. The summed E-state index contributed by atoms with van der Waals surface area (Å²) in [6, 6.07) is 29.5. The van der Waals surface area contributed by atoms with Crippen LogP contribution in [0.1, 0.15) is 11.1 Å². The Morgan fingerprint density at radius 3 is 2.22 bits per heavy atom. The van der Waals surface area contributed by atoms with Crippen molar-refractivity contribution >= 4 is 49.6 Å². The first-order valence-electron chi connectivity index (χ1n) is 11.6. The Morgan fingerprint density at radius 1 is 0.811 bits per heavy atom. The van der Waals surface area contributed by atoms with Crippen LogP contribution in [0, 0.1) is 5.82 Å². The Balaban J connectivity index is 1.28. The maximum absolute atomic E-state index is 13.2. The fourth-order valence-corrected chi connectivity index (χ4v) is 4.55. The van der Waals surface area contributed by atoms with Gasteiger partial charge in [-0.15, -0.1) is 0 Å². The van der Waals surface area contributed by atoms with E-state index in [0.29, 0.717) is 11.5 Å².